The van der Waals surface area contributed by atoms with Crippen molar-refractivity contribution in [2.24, 2.45) is 0 Å². The van der Waals surface area contributed by atoms with Gasteiger partial charge in [0, 0.05) is 11.1 Å². The molecule has 0 fully saturated rings. The number of amides is 1. The van der Waals surface area contributed by atoms with E-state index in [2.05, 4.69) is 21.2 Å². The largest absolute Gasteiger partial charge is 0.483 e. The molecule has 0 spiro atoms. The molecule has 0 radical (unpaired) electrons. The third-order valence-corrected chi connectivity index (χ3v) is 3.00. The number of benzene rings is 1. The quantitative estimate of drug-likeness (QED) is 0.826. The number of hydrogen-bond acceptors (Lipinski definition) is 3. The highest BCUT2D eigenvalue weighted by molar-refractivity contribution is 9.10. The maximum atomic E-state index is 11.5. The molecule has 0 saturated carbocycles. The Kier molecular flexibility index (Phi) is 6.11. The molecule has 5 nitrogen and oxygen atoms in total. The molecule has 2 N–H and O–H groups in total. The van der Waals surface area contributed by atoms with Gasteiger partial charge in [0.25, 0.3) is 5.91 Å². The molecule has 1 aromatic carbocycles. The van der Waals surface area contributed by atoms with Crippen molar-refractivity contribution in [1.29, 1.82) is 0 Å². The Balaban J connectivity index is 2.43. The molecule has 0 aliphatic carbocycles. The van der Waals surface area contributed by atoms with Gasteiger partial charge in [-0.25, -0.2) is 0 Å². The van der Waals surface area contributed by atoms with E-state index in [0.29, 0.717) is 15.2 Å². The number of carbonyl (C=O) groups is 2. The number of rotatable bonds is 6. The van der Waals surface area contributed by atoms with Crippen molar-refractivity contribution in [2.75, 3.05) is 6.61 Å². The Morgan fingerprint density at radius 2 is 2.21 bits per heavy atom. The summed E-state index contributed by atoms with van der Waals surface area (Å²) in [6.07, 6.45) is -0.129. The zero-order valence-electron chi connectivity index (χ0n) is 10.2. The second-order valence-corrected chi connectivity index (χ2v) is 5.22. The Hall–Kier alpha value is -1.27. The molecule has 0 aromatic heterocycles. The Labute approximate surface area is 124 Å². The van der Waals surface area contributed by atoms with Gasteiger partial charge in [-0.1, -0.05) is 11.6 Å². The van der Waals surface area contributed by atoms with Gasteiger partial charge in [0.05, 0.1) is 10.9 Å². The van der Waals surface area contributed by atoms with Crippen molar-refractivity contribution in [2.45, 2.75) is 19.4 Å². The maximum absolute atomic E-state index is 11.5. The summed E-state index contributed by atoms with van der Waals surface area (Å²) in [4.78, 5) is 22.0. The van der Waals surface area contributed by atoms with E-state index in [1.807, 2.05) is 0 Å². The number of nitrogens with one attached hydrogen (secondary N) is 1. The van der Waals surface area contributed by atoms with Crippen LogP contribution in [0.1, 0.15) is 13.3 Å². The maximum Gasteiger partial charge on any atom is 0.305 e. The lowest BCUT2D eigenvalue weighted by Gasteiger charge is -2.12. The number of halogens is 2. The third kappa shape index (κ3) is 5.94. The monoisotopic (exact) mass is 349 g/mol. The highest BCUT2D eigenvalue weighted by Crippen LogP contribution is 2.27. The second-order valence-electron chi connectivity index (χ2n) is 3.93. The molecule has 1 rings (SSSR count). The molecule has 1 atom stereocenters. The summed E-state index contributed by atoms with van der Waals surface area (Å²) in [5, 5.41) is 11.6. The van der Waals surface area contributed by atoms with Crippen LogP contribution in [-0.4, -0.2) is 29.6 Å². The molecule has 1 unspecified atom stereocenters. The molecule has 0 saturated heterocycles. The average molecular weight is 351 g/mol. The fourth-order valence-corrected chi connectivity index (χ4v) is 2.16. The molecule has 0 aliphatic heterocycles. The predicted molar refractivity (Wildman–Crippen MR) is 74.5 cm³/mol. The van der Waals surface area contributed by atoms with Crippen molar-refractivity contribution in [3.05, 3.63) is 27.7 Å². The predicted octanol–water partition coefficient (Wildman–Crippen LogP) is 2.46. The summed E-state index contributed by atoms with van der Waals surface area (Å²) in [6, 6.07) is 4.50. The number of aliphatic carboxylic acids is 1. The van der Waals surface area contributed by atoms with Crippen molar-refractivity contribution < 1.29 is 19.4 Å². The molecule has 1 aromatic rings. The van der Waals surface area contributed by atoms with E-state index in [1.54, 1.807) is 25.1 Å². The van der Waals surface area contributed by atoms with Crippen molar-refractivity contribution in [1.82, 2.24) is 5.32 Å². The molecule has 19 heavy (non-hydrogen) atoms. The van der Waals surface area contributed by atoms with Gasteiger partial charge in [-0.05, 0) is 41.1 Å². The van der Waals surface area contributed by atoms with Crippen LogP contribution in [0.2, 0.25) is 5.02 Å². The first-order valence-electron chi connectivity index (χ1n) is 5.47. The molecule has 1 amide bonds. The van der Waals surface area contributed by atoms with E-state index in [-0.39, 0.29) is 18.9 Å². The number of carbonyl (C=O) groups excluding carboxylic acids is 1. The minimum absolute atomic E-state index is 0.129. The Bertz CT molecular complexity index is 481. The summed E-state index contributed by atoms with van der Waals surface area (Å²) in [6.45, 7) is 1.43. The summed E-state index contributed by atoms with van der Waals surface area (Å²) in [5.74, 6) is -0.852. The molecule has 0 aliphatic rings. The zero-order valence-corrected chi connectivity index (χ0v) is 12.5. The lowest BCUT2D eigenvalue weighted by atomic mass is 10.2. The van der Waals surface area contributed by atoms with Crippen LogP contribution in [0.4, 0.5) is 0 Å². The topological polar surface area (TPSA) is 75.6 Å². The van der Waals surface area contributed by atoms with E-state index >= 15 is 0 Å². The average Bonchev–Trinajstić information content (AvgIpc) is 2.26. The Morgan fingerprint density at radius 3 is 2.79 bits per heavy atom. The summed E-state index contributed by atoms with van der Waals surface area (Å²) < 4.78 is 5.94. The Morgan fingerprint density at radius 1 is 1.53 bits per heavy atom. The normalized spacial score (nSPS) is 11.7. The van der Waals surface area contributed by atoms with Crippen LogP contribution < -0.4 is 10.1 Å². The fourth-order valence-electron chi connectivity index (χ4n) is 1.37. The van der Waals surface area contributed by atoms with Crippen LogP contribution in [-0.2, 0) is 9.59 Å². The molecular weight excluding hydrogens is 337 g/mol. The van der Waals surface area contributed by atoms with Gasteiger partial charge in [0.2, 0.25) is 0 Å². The van der Waals surface area contributed by atoms with Crippen LogP contribution in [0.3, 0.4) is 0 Å². The number of carboxylic acid groups (broad SMARTS) is 1. The van der Waals surface area contributed by atoms with Crippen LogP contribution in [0.5, 0.6) is 5.75 Å². The summed E-state index contributed by atoms with van der Waals surface area (Å²) in [5.41, 5.74) is 0. The highest BCUT2D eigenvalue weighted by atomic mass is 79.9. The standard InChI is InChI=1S/C12H13BrClNO4/c1-7(4-12(17)18)15-11(16)6-19-10-3-2-8(14)5-9(10)13/h2-3,5,7H,4,6H2,1H3,(H,15,16)(H,17,18). The first-order valence-corrected chi connectivity index (χ1v) is 6.64. The van der Waals surface area contributed by atoms with E-state index in [9.17, 15) is 9.59 Å². The molecule has 0 heterocycles. The van der Waals surface area contributed by atoms with Crippen LogP contribution in [0.25, 0.3) is 0 Å². The van der Waals surface area contributed by atoms with Gasteiger partial charge >= 0.3 is 5.97 Å². The van der Waals surface area contributed by atoms with Crippen molar-refractivity contribution in [3.8, 4) is 5.75 Å². The van der Waals surface area contributed by atoms with E-state index in [1.165, 1.54) is 0 Å². The minimum atomic E-state index is -0.964. The number of carboxylic acids is 1. The van der Waals surface area contributed by atoms with Crippen molar-refractivity contribution >= 4 is 39.4 Å². The van der Waals surface area contributed by atoms with E-state index in [0.717, 1.165) is 0 Å². The molecule has 104 valence electrons. The van der Waals surface area contributed by atoms with Gasteiger partial charge in [0.1, 0.15) is 5.75 Å². The lowest BCUT2D eigenvalue weighted by molar-refractivity contribution is -0.137. The van der Waals surface area contributed by atoms with E-state index in [4.69, 9.17) is 21.4 Å². The summed E-state index contributed by atoms with van der Waals surface area (Å²) >= 11 is 9.04. The fraction of sp³-hybridized carbons (Fsp3) is 0.333. The molecular formula is C12H13BrClNO4. The van der Waals surface area contributed by atoms with Crippen LogP contribution in [0.15, 0.2) is 22.7 Å². The first kappa shape index (κ1) is 15.8. The number of hydrogen-bond donors (Lipinski definition) is 2. The van der Waals surface area contributed by atoms with Gasteiger partial charge < -0.3 is 15.2 Å². The molecule has 7 heteroatoms. The van der Waals surface area contributed by atoms with Crippen molar-refractivity contribution in [3.63, 3.8) is 0 Å². The lowest BCUT2D eigenvalue weighted by Crippen LogP contribution is -2.37. The van der Waals surface area contributed by atoms with Gasteiger partial charge in [0.15, 0.2) is 6.61 Å². The first-order chi connectivity index (χ1) is 8.88. The van der Waals surface area contributed by atoms with Crippen LogP contribution in [0, 0.1) is 0 Å². The minimum Gasteiger partial charge on any atom is -0.483 e. The van der Waals surface area contributed by atoms with Gasteiger partial charge in [-0.15, -0.1) is 0 Å². The van der Waals surface area contributed by atoms with Crippen LogP contribution >= 0.6 is 27.5 Å². The zero-order chi connectivity index (χ0) is 14.4. The van der Waals surface area contributed by atoms with Gasteiger partial charge in [-0.2, -0.15) is 0 Å². The number of ether oxygens (including phenoxy) is 1. The van der Waals surface area contributed by atoms with E-state index < -0.39 is 12.0 Å². The highest BCUT2D eigenvalue weighted by Gasteiger charge is 2.12. The SMILES string of the molecule is CC(CC(=O)O)NC(=O)COc1ccc(Cl)cc1Br. The van der Waals surface area contributed by atoms with Gasteiger partial charge in [-0.3, -0.25) is 9.59 Å². The second kappa shape index (κ2) is 7.35. The third-order valence-electron chi connectivity index (χ3n) is 2.14. The summed E-state index contributed by atoms with van der Waals surface area (Å²) in [7, 11) is 0. The molecule has 0 bridgehead atoms. The smallest absolute Gasteiger partial charge is 0.305 e.